The molecule has 34 heavy (non-hydrogen) atoms. The number of H-pyrrole nitrogens is 1. The molecule has 1 aliphatic carbocycles. The van der Waals surface area contributed by atoms with Crippen LogP contribution in [0, 0.1) is 11.2 Å². The van der Waals surface area contributed by atoms with E-state index in [9.17, 15) is 27.2 Å². The van der Waals surface area contributed by atoms with Gasteiger partial charge in [0.15, 0.2) is 5.82 Å². The minimum absolute atomic E-state index is 0.00504. The monoisotopic (exact) mass is 475 g/mol. The Morgan fingerprint density at radius 1 is 1.24 bits per heavy atom. The fourth-order valence-corrected chi connectivity index (χ4v) is 4.89. The van der Waals surface area contributed by atoms with E-state index in [4.69, 9.17) is 0 Å². The lowest BCUT2D eigenvalue weighted by atomic mass is 9.60. The number of urea groups is 1. The first-order chi connectivity index (χ1) is 16.1. The lowest BCUT2D eigenvalue weighted by Crippen LogP contribution is -2.67. The van der Waals surface area contributed by atoms with Gasteiger partial charge in [-0.15, -0.1) is 0 Å². The summed E-state index contributed by atoms with van der Waals surface area (Å²) in [7, 11) is 1.59. The maximum absolute atomic E-state index is 14.3. The van der Waals surface area contributed by atoms with Gasteiger partial charge in [0.2, 0.25) is 0 Å². The molecule has 1 spiro atoms. The number of rotatable bonds is 3. The Balaban J connectivity index is 1.17. The predicted octanol–water partition coefficient (Wildman–Crippen LogP) is 4.49. The lowest BCUT2D eigenvalue weighted by Gasteiger charge is -2.60. The Labute approximate surface area is 191 Å². The number of nitrogens with one attached hydrogen (secondary N) is 2. The van der Waals surface area contributed by atoms with Crippen LogP contribution in [0.3, 0.4) is 0 Å². The van der Waals surface area contributed by atoms with Gasteiger partial charge in [-0.05, 0) is 37.1 Å². The second-order valence-corrected chi connectivity index (χ2v) is 9.06. The standard InChI is InChI=1S/C23H21F4N5O2/c1-31(21(34)30-14-4-2-3-13(7-14)23(25,26)27)15-8-22(9-15)11-32(12-22)20(33)18-16-5-6-28-19(16)29-10-17(18)24/h2-7,10,15H,8-9,11-12H2,1H3,(H,28,29)(H,30,34). The number of aromatic nitrogens is 2. The van der Waals surface area contributed by atoms with Gasteiger partial charge in [-0.1, -0.05) is 6.07 Å². The Bertz CT molecular complexity index is 1270. The molecule has 0 bridgehead atoms. The van der Waals surface area contributed by atoms with Gasteiger partial charge in [-0.2, -0.15) is 13.2 Å². The molecule has 0 unspecified atom stereocenters. The summed E-state index contributed by atoms with van der Waals surface area (Å²) in [4.78, 5) is 35.3. The summed E-state index contributed by atoms with van der Waals surface area (Å²) in [6.07, 6.45) is -0.558. The lowest BCUT2D eigenvalue weighted by molar-refractivity contribution is -0.137. The molecule has 2 aliphatic rings. The van der Waals surface area contributed by atoms with Crippen molar-refractivity contribution in [2.75, 3.05) is 25.5 Å². The zero-order valence-corrected chi connectivity index (χ0v) is 18.1. The largest absolute Gasteiger partial charge is 0.416 e. The molecular weight excluding hydrogens is 454 g/mol. The average Bonchev–Trinajstić information content (AvgIpc) is 3.19. The molecule has 0 radical (unpaired) electrons. The van der Waals surface area contributed by atoms with E-state index in [2.05, 4.69) is 15.3 Å². The number of likely N-dealkylation sites (tertiary alicyclic amines) is 1. The van der Waals surface area contributed by atoms with Crippen LogP contribution >= 0.6 is 0 Å². The molecule has 1 aliphatic heterocycles. The summed E-state index contributed by atoms with van der Waals surface area (Å²) in [5.74, 6) is -1.07. The van der Waals surface area contributed by atoms with E-state index >= 15 is 0 Å². The first-order valence-corrected chi connectivity index (χ1v) is 10.7. The number of amides is 3. The Morgan fingerprint density at radius 3 is 2.68 bits per heavy atom. The van der Waals surface area contributed by atoms with Crippen LogP contribution in [0.25, 0.3) is 11.0 Å². The summed E-state index contributed by atoms with van der Waals surface area (Å²) in [5.41, 5.74) is -0.466. The molecule has 2 aromatic heterocycles. The van der Waals surface area contributed by atoms with E-state index in [1.165, 1.54) is 17.0 Å². The van der Waals surface area contributed by atoms with Gasteiger partial charge in [-0.25, -0.2) is 14.2 Å². The van der Waals surface area contributed by atoms with Crippen LogP contribution < -0.4 is 5.32 Å². The van der Waals surface area contributed by atoms with Crippen LogP contribution in [0.15, 0.2) is 42.7 Å². The summed E-state index contributed by atoms with van der Waals surface area (Å²) in [6.45, 7) is 0.915. The molecule has 3 aromatic rings. The first kappa shape index (κ1) is 22.2. The van der Waals surface area contributed by atoms with Gasteiger partial charge in [0.1, 0.15) is 5.65 Å². The first-order valence-electron chi connectivity index (χ1n) is 10.7. The summed E-state index contributed by atoms with van der Waals surface area (Å²) in [6, 6.07) is 5.49. The van der Waals surface area contributed by atoms with E-state index in [-0.39, 0.29) is 22.7 Å². The molecule has 3 amide bonds. The Morgan fingerprint density at radius 2 is 1.97 bits per heavy atom. The summed E-state index contributed by atoms with van der Waals surface area (Å²) >= 11 is 0. The maximum atomic E-state index is 14.3. The van der Waals surface area contributed by atoms with Gasteiger partial charge in [0.05, 0.1) is 17.3 Å². The van der Waals surface area contributed by atoms with Crippen molar-refractivity contribution >= 4 is 28.7 Å². The molecule has 1 saturated heterocycles. The number of benzene rings is 1. The molecule has 1 aromatic carbocycles. The van der Waals surface area contributed by atoms with Crippen molar-refractivity contribution in [3.8, 4) is 0 Å². The third-order valence-electron chi connectivity index (χ3n) is 6.74. The molecule has 2 fully saturated rings. The van der Waals surface area contributed by atoms with Crippen LogP contribution in [0.2, 0.25) is 0 Å². The number of carbonyl (C=O) groups excluding carboxylic acids is 2. The molecule has 2 N–H and O–H groups in total. The van der Waals surface area contributed by atoms with Crippen molar-refractivity contribution in [3.63, 3.8) is 0 Å². The predicted molar refractivity (Wildman–Crippen MR) is 116 cm³/mol. The summed E-state index contributed by atoms with van der Waals surface area (Å²) < 4.78 is 53.0. The minimum Gasteiger partial charge on any atom is -0.346 e. The van der Waals surface area contributed by atoms with Crippen molar-refractivity contribution in [2.45, 2.75) is 25.1 Å². The molecule has 1 saturated carbocycles. The SMILES string of the molecule is CN(C(=O)Nc1cccc(C(F)(F)F)c1)C1CC2(C1)CN(C(=O)c1c(F)cnc3[nH]ccc13)C2. The molecule has 5 rings (SSSR count). The van der Waals surface area contributed by atoms with Crippen LogP contribution in [-0.4, -0.2) is 57.9 Å². The number of fused-ring (bicyclic) bond motifs is 1. The van der Waals surface area contributed by atoms with Gasteiger partial charge >= 0.3 is 12.2 Å². The van der Waals surface area contributed by atoms with Gasteiger partial charge in [0.25, 0.3) is 5.91 Å². The average molecular weight is 475 g/mol. The second-order valence-electron chi connectivity index (χ2n) is 9.06. The third-order valence-corrected chi connectivity index (χ3v) is 6.74. The Hall–Kier alpha value is -3.63. The highest BCUT2D eigenvalue weighted by molar-refractivity contribution is 6.06. The van der Waals surface area contributed by atoms with Gasteiger partial charge in [0, 0.05) is 48.9 Å². The Kier molecular flexibility index (Phi) is 5.03. The normalized spacial score (nSPS) is 17.4. The van der Waals surface area contributed by atoms with Crippen molar-refractivity contribution in [3.05, 3.63) is 59.7 Å². The van der Waals surface area contributed by atoms with Crippen LogP contribution in [0.4, 0.5) is 28.0 Å². The minimum atomic E-state index is -4.49. The fraction of sp³-hybridized carbons (Fsp3) is 0.348. The van der Waals surface area contributed by atoms with Gasteiger partial charge < -0.3 is 20.1 Å². The van der Waals surface area contributed by atoms with Crippen molar-refractivity contribution in [1.29, 1.82) is 0 Å². The number of pyridine rings is 1. The molecule has 3 heterocycles. The number of alkyl halides is 3. The summed E-state index contributed by atoms with van der Waals surface area (Å²) in [5, 5.41) is 2.94. The van der Waals surface area contributed by atoms with Crippen LogP contribution in [-0.2, 0) is 6.18 Å². The van der Waals surface area contributed by atoms with Crippen molar-refractivity contribution < 1.29 is 27.2 Å². The van der Waals surface area contributed by atoms with Crippen LogP contribution in [0.1, 0.15) is 28.8 Å². The number of nitrogens with zero attached hydrogens (tertiary/aromatic N) is 3. The number of anilines is 1. The van der Waals surface area contributed by atoms with E-state index < -0.39 is 29.5 Å². The quantitative estimate of drug-likeness (QED) is 0.548. The molecule has 178 valence electrons. The molecule has 7 nitrogen and oxygen atoms in total. The molecule has 11 heteroatoms. The second kappa shape index (κ2) is 7.71. The third kappa shape index (κ3) is 3.74. The molecule has 0 atom stereocenters. The number of hydrogen-bond donors (Lipinski definition) is 2. The van der Waals surface area contributed by atoms with Crippen molar-refractivity contribution in [2.24, 2.45) is 5.41 Å². The zero-order chi connectivity index (χ0) is 24.3. The van der Waals surface area contributed by atoms with E-state index in [1.54, 1.807) is 24.2 Å². The highest BCUT2D eigenvalue weighted by Crippen LogP contribution is 2.50. The fourth-order valence-electron chi connectivity index (χ4n) is 4.89. The van der Waals surface area contributed by atoms with Crippen molar-refractivity contribution in [1.82, 2.24) is 19.8 Å². The van der Waals surface area contributed by atoms with Crippen LogP contribution in [0.5, 0.6) is 0 Å². The number of aromatic amines is 1. The highest BCUT2D eigenvalue weighted by atomic mass is 19.4. The number of hydrogen-bond acceptors (Lipinski definition) is 3. The van der Waals surface area contributed by atoms with Gasteiger partial charge in [-0.3, -0.25) is 4.79 Å². The smallest absolute Gasteiger partial charge is 0.346 e. The maximum Gasteiger partial charge on any atom is 0.416 e. The van der Waals surface area contributed by atoms with E-state index in [0.717, 1.165) is 18.3 Å². The van der Waals surface area contributed by atoms with E-state index in [0.29, 0.717) is 37.0 Å². The number of carbonyl (C=O) groups is 2. The topological polar surface area (TPSA) is 81.3 Å². The highest BCUT2D eigenvalue weighted by Gasteiger charge is 2.55. The number of halogens is 4. The van der Waals surface area contributed by atoms with E-state index in [1.807, 2.05) is 0 Å². The zero-order valence-electron chi connectivity index (χ0n) is 18.1. The molecular formula is C23H21F4N5O2.